The summed E-state index contributed by atoms with van der Waals surface area (Å²) in [5.74, 6) is 0.0714. The molecule has 1 fully saturated rings. The maximum Gasteiger partial charge on any atom is 0.159 e. The first-order chi connectivity index (χ1) is 8.22. The minimum Gasteiger partial charge on any atom is -0.362 e. The van der Waals surface area contributed by atoms with Gasteiger partial charge in [0, 0.05) is 17.8 Å². The number of ketones is 1. The van der Waals surface area contributed by atoms with E-state index in [1.165, 1.54) is 0 Å². The largest absolute Gasteiger partial charge is 0.362 e. The fraction of sp³-hybridized carbons (Fsp3) is 0.429. The predicted octanol–water partition coefficient (Wildman–Crippen LogP) is 2.45. The maximum atomic E-state index is 11.2. The minimum atomic E-state index is -0.00747. The van der Waals surface area contributed by atoms with E-state index in [0.29, 0.717) is 5.56 Å². The third-order valence-electron chi connectivity index (χ3n) is 3.31. The van der Waals surface area contributed by atoms with Gasteiger partial charge in [-0.25, -0.2) is 0 Å². The van der Waals surface area contributed by atoms with Gasteiger partial charge < -0.3 is 9.69 Å². The normalized spacial score (nSPS) is 20.1. The average molecular weight is 231 g/mol. The minimum absolute atomic E-state index is 0.00747. The number of hydrogen-bond donors (Lipinski definition) is 0. The number of anilines is 1. The number of carbonyl (C=O) groups excluding carboxylic acids is 2. The fourth-order valence-electron chi connectivity index (χ4n) is 2.31. The van der Waals surface area contributed by atoms with Crippen LogP contribution in [0.25, 0.3) is 0 Å². The van der Waals surface area contributed by atoms with Crippen LogP contribution in [0.15, 0.2) is 24.3 Å². The average Bonchev–Trinajstić information content (AvgIpc) is 2.39. The Labute approximate surface area is 101 Å². The van der Waals surface area contributed by atoms with Gasteiger partial charge in [0.15, 0.2) is 5.78 Å². The number of rotatable bonds is 3. The molecule has 3 nitrogen and oxygen atoms in total. The quantitative estimate of drug-likeness (QED) is 0.592. The molecule has 0 N–H and O–H groups in total. The van der Waals surface area contributed by atoms with E-state index in [0.717, 1.165) is 37.8 Å². The molecule has 1 aromatic carbocycles. The number of nitrogens with zero attached hydrogens (tertiary/aromatic N) is 1. The number of carbonyl (C=O) groups is 2. The summed E-state index contributed by atoms with van der Waals surface area (Å²) >= 11 is 0. The van der Waals surface area contributed by atoms with Crippen LogP contribution in [0, 0.1) is 0 Å². The molecule has 90 valence electrons. The van der Waals surface area contributed by atoms with Crippen LogP contribution >= 0.6 is 0 Å². The molecule has 1 unspecified atom stereocenters. The van der Waals surface area contributed by atoms with Crippen LogP contribution in [0.3, 0.4) is 0 Å². The predicted molar refractivity (Wildman–Crippen MR) is 67.5 cm³/mol. The smallest absolute Gasteiger partial charge is 0.159 e. The van der Waals surface area contributed by atoms with Gasteiger partial charge in [0.25, 0.3) is 0 Å². The lowest BCUT2D eigenvalue weighted by atomic mass is 10.0. The second-order valence-corrected chi connectivity index (χ2v) is 4.50. The second-order valence-electron chi connectivity index (χ2n) is 4.50. The number of benzene rings is 1. The van der Waals surface area contributed by atoms with Crippen molar-refractivity contribution >= 4 is 17.8 Å². The molecule has 0 aliphatic carbocycles. The Balaban J connectivity index is 2.20. The molecule has 1 aliphatic heterocycles. The Hall–Kier alpha value is -1.64. The second kappa shape index (κ2) is 5.13. The van der Waals surface area contributed by atoms with E-state index in [1.54, 1.807) is 6.92 Å². The van der Waals surface area contributed by atoms with Gasteiger partial charge in [-0.15, -0.1) is 0 Å². The van der Waals surface area contributed by atoms with Crippen molar-refractivity contribution in [1.29, 1.82) is 0 Å². The van der Waals surface area contributed by atoms with E-state index in [2.05, 4.69) is 4.90 Å². The van der Waals surface area contributed by atoms with Gasteiger partial charge in [-0.05, 0) is 50.5 Å². The fourth-order valence-corrected chi connectivity index (χ4v) is 2.31. The molecule has 17 heavy (non-hydrogen) atoms. The first-order valence-corrected chi connectivity index (χ1v) is 6.05. The summed E-state index contributed by atoms with van der Waals surface area (Å²) in [4.78, 5) is 24.3. The highest BCUT2D eigenvalue weighted by Crippen LogP contribution is 2.24. The standard InChI is InChI=1S/C14H17NO2/c1-11(17)12-5-7-13(8-6-12)15-9-3-2-4-14(15)10-16/h5-8,10,14H,2-4,9H2,1H3. The summed E-state index contributed by atoms with van der Waals surface area (Å²) in [7, 11) is 0. The Bertz CT molecular complexity index is 411. The van der Waals surface area contributed by atoms with E-state index in [4.69, 9.17) is 0 Å². The number of Topliss-reactive ketones (excluding diaryl/α,β-unsaturated/α-hetero) is 1. The first kappa shape index (κ1) is 11.8. The lowest BCUT2D eigenvalue weighted by Crippen LogP contribution is -2.40. The summed E-state index contributed by atoms with van der Waals surface area (Å²) in [6.07, 6.45) is 4.19. The zero-order chi connectivity index (χ0) is 12.3. The molecule has 0 bridgehead atoms. The van der Waals surface area contributed by atoms with Crippen molar-refractivity contribution in [3.05, 3.63) is 29.8 Å². The molecule has 3 heteroatoms. The first-order valence-electron chi connectivity index (χ1n) is 6.05. The van der Waals surface area contributed by atoms with Crippen LogP contribution in [0.5, 0.6) is 0 Å². The zero-order valence-corrected chi connectivity index (χ0v) is 10.1. The third kappa shape index (κ3) is 2.54. The molecule has 0 aromatic heterocycles. The van der Waals surface area contributed by atoms with Crippen LogP contribution in [0.1, 0.15) is 36.5 Å². The summed E-state index contributed by atoms with van der Waals surface area (Å²) < 4.78 is 0. The molecule has 0 amide bonds. The van der Waals surface area contributed by atoms with E-state index in [1.807, 2.05) is 24.3 Å². The molecule has 1 aromatic rings. The van der Waals surface area contributed by atoms with Gasteiger partial charge in [0.1, 0.15) is 6.29 Å². The van der Waals surface area contributed by atoms with Gasteiger partial charge in [0.05, 0.1) is 6.04 Å². The molecule has 1 aliphatic rings. The number of hydrogen-bond acceptors (Lipinski definition) is 3. The lowest BCUT2D eigenvalue weighted by molar-refractivity contribution is -0.109. The highest BCUT2D eigenvalue weighted by molar-refractivity contribution is 5.94. The van der Waals surface area contributed by atoms with Crippen molar-refractivity contribution in [2.45, 2.75) is 32.2 Å². The van der Waals surface area contributed by atoms with Crippen LogP contribution in [0.2, 0.25) is 0 Å². The summed E-state index contributed by atoms with van der Waals surface area (Å²) in [6.45, 7) is 2.48. The highest BCUT2D eigenvalue weighted by Gasteiger charge is 2.21. The zero-order valence-electron chi connectivity index (χ0n) is 10.1. The van der Waals surface area contributed by atoms with Gasteiger partial charge in [0.2, 0.25) is 0 Å². The summed E-state index contributed by atoms with van der Waals surface area (Å²) in [5.41, 5.74) is 1.75. The SMILES string of the molecule is CC(=O)c1ccc(N2CCCCC2C=O)cc1. The Morgan fingerprint density at radius 1 is 1.29 bits per heavy atom. The molecule has 0 radical (unpaired) electrons. The molecule has 1 saturated heterocycles. The third-order valence-corrected chi connectivity index (χ3v) is 3.31. The van der Waals surface area contributed by atoms with Gasteiger partial charge in [-0.1, -0.05) is 0 Å². The molecule has 0 spiro atoms. The molecule has 1 atom stereocenters. The Morgan fingerprint density at radius 3 is 2.59 bits per heavy atom. The maximum absolute atomic E-state index is 11.2. The van der Waals surface area contributed by atoms with Gasteiger partial charge in [-0.3, -0.25) is 4.79 Å². The molecule has 2 rings (SSSR count). The summed E-state index contributed by atoms with van der Waals surface area (Å²) in [5, 5.41) is 0. The van der Waals surface area contributed by atoms with Crippen LogP contribution in [0.4, 0.5) is 5.69 Å². The Kier molecular flexibility index (Phi) is 3.57. The van der Waals surface area contributed by atoms with E-state index >= 15 is 0 Å². The van der Waals surface area contributed by atoms with E-state index in [9.17, 15) is 9.59 Å². The van der Waals surface area contributed by atoms with Crippen LogP contribution in [-0.4, -0.2) is 24.7 Å². The van der Waals surface area contributed by atoms with Crippen molar-refractivity contribution < 1.29 is 9.59 Å². The monoisotopic (exact) mass is 231 g/mol. The summed E-state index contributed by atoms with van der Waals surface area (Å²) in [6, 6.07) is 7.51. The molecule has 1 heterocycles. The number of aldehydes is 1. The Morgan fingerprint density at radius 2 is 2.00 bits per heavy atom. The van der Waals surface area contributed by atoms with Crippen molar-refractivity contribution in [3.63, 3.8) is 0 Å². The van der Waals surface area contributed by atoms with Gasteiger partial charge >= 0.3 is 0 Å². The molecular formula is C14H17NO2. The van der Waals surface area contributed by atoms with Crippen molar-refractivity contribution in [1.82, 2.24) is 0 Å². The number of piperidine rings is 1. The highest BCUT2D eigenvalue weighted by atomic mass is 16.1. The van der Waals surface area contributed by atoms with Crippen molar-refractivity contribution in [2.75, 3.05) is 11.4 Å². The lowest BCUT2D eigenvalue weighted by Gasteiger charge is -2.34. The van der Waals surface area contributed by atoms with Crippen molar-refractivity contribution in [2.24, 2.45) is 0 Å². The van der Waals surface area contributed by atoms with E-state index in [-0.39, 0.29) is 11.8 Å². The van der Waals surface area contributed by atoms with Crippen LogP contribution < -0.4 is 4.90 Å². The molecular weight excluding hydrogens is 214 g/mol. The van der Waals surface area contributed by atoms with Crippen LogP contribution in [-0.2, 0) is 4.79 Å². The van der Waals surface area contributed by atoms with E-state index < -0.39 is 0 Å². The molecule has 0 saturated carbocycles. The topological polar surface area (TPSA) is 37.4 Å². The van der Waals surface area contributed by atoms with Crippen molar-refractivity contribution in [3.8, 4) is 0 Å². The van der Waals surface area contributed by atoms with Gasteiger partial charge in [-0.2, -0.15) is 0 Å².